The number of ether oxygens (including phenoxy) is 1. The van der Waals surface area contributed by atoms with Crippen LogP contribution in [0.2, 0.25) is 5.02 Å². The van der Waals surface area contributed by atoms with Gasteiger partial charge in [0.2, 0.25) is 0 Å². The summed E-state index contributed by atoms with van der Waals surface area (Å²) in [6, 6.07) is 11.2. The lowest BCUT2D eigenvalue weighted by Crippen LogP contribution is -2.06. The smallest absolute Gasteiger partial charge is 0.171 e. The minimum atomic E-state index is 0.00866. The van der Waals surface area contributed by atoms with Crippen molar-refractivity contribution in [3.8, 4) is 5.75 Å². The zero-order chi connectivity index (χ0) is 14.7. The number of Topliss-reactive ketones (excluding diaryl/α,β-unsaturated/α-hetero) is 1. The van der Waals surface area contributed by atoms with Crippen LogP contribution in [0.4, 0.5) is 0 Å². The Morgan fingerprint density at radius 1 is 1.10 bits per heavy atom. The second-order valence-electron chi connectivity index (χ2n) is 4.94. The number of halogens is 1. The number of hydrogen-bond donors (Lipinski definition) is 0. The van der Waals surface area contributed by atoms with E-state index >= 15 is 0 Å². The third-order valence-corrected chi connectivity index (χ3v) is 3.34. The van der Waals surface area contributed by atoms with Crippen LogP contribution in [0.3, 0.4) is 0 Å². The zero-order valence-electron chi connectivity index (χ0n) is 11.9. The molecule has 0 heterocycles. The van der Waals surface area contributed by atoms with Gasteiger partial charge in [-0.25, -0.2) is 0 Å². The molecule has 2 aromatic carbocycles. The highest BCUT2D eigenvalue weighted by atomic mass is 35.5. The number of methoxy groups -OCH3 is 1. The monoisotopic (exact) mass is 288 g/mol. The molecule has 0 aliphatic carbocycles. The van der Waals surface area contributed by atoms with Gasteiger partial charge in [0.05, 0.1) is 12.7 Å². The van der Waals surface area contributed by atoms with E-state index in [4.69, 9.17) is 16.3 Å². The Morgan fingerprint density at radius 3 is 2.35 bits per heavy atom. The lowest BCUT2D eigenvalue weighted by atomic mass is 9.99. The summed E-state index contributed by atoms with van der Waals surface area (Å²) in [4.78, 5) is 12.4. The van der Waals surface area contributed by atoms with E-state index in [0.717, 1.165) is 16.7 Å². The third-order valence-electron chi connectivity index (χ3n) is 3.11. The first-order chi connectivity index (χ1) is 9.49. The maximum Gasteiger partial charge on any atom is 0.171 e. The summed E-state index contributed by atoms with van der Waals surface area (Å²) < 4.78 is 5.23. The van der Waals surface area contributed by atoms with E-state index in [1.165, 1.54) is 0 Å². The molecule has 0 amide bonds. The number of rotatable bonds is 4. The van der Waals surface area contributed by atoms with Crippen molar-refractivity contribution in [1.82, 2.24) is 0 Å². The minimum Gasteiger partial charge on any atom is -0.496 e. The van der Waals surface area contributed by atoms with Gasteiger partial charge in [0.25, 0.3) is 0 Å². The molecule has 104 valence electrons. The van der Waals surface area contributed by atoms with Crippen LogP contribution >= 0.6 is 11.6 Å². The number of carbonyl (C=O) groups is 1. The molecule has 20 heavy (non-hydrogen) atoms. The Bertz CT molecular complexity index is 627. The van der Waals surface area contributed by atoms with E-state index < -0.39 is 0 Å². The van der Waals surface area contributed by atoms with Crippen molar-refractivity contribution in [3.05, 3.63) is 63.7 Å². The van der Waals surface area contributed by atoms with Crippen molar-refractivity contribution in [2.75, 3.05) is 7.11 Å². The van der Waals surface area contributed by atoms with E-state index in [2.05, 4.69) is 6.07 Å². The molecular weight excluding hydrogens is 272 g/mol. The van der Waals surface area contributed by atoms with Crippen molar-refractivity contribution in [1.29, 1.82) is 0 Å². The summed E-state index contributed by atoms with van der Waals surface area (Å²) in [5.74, 6) is 0.568. The standard InChI is InChI=1S/C17H17ClO2/c1-11-6-12(2)8-13(7-11)9-16(19)15-10-14(18)4-5-17(15)20-3/h4-8,10H,9H2,1-3H3. The van der Waals surface area contributed by atoms with Gasteiger partial charge < -0.3 is 4.74 Å². The van der Waals surface area contributed by atoms with Crippen molar-refractivity contribution < 1.29 is 9.53 Å². The molecule has 0 saturated heterocycles. The second kappa shape index (κ2) is 6.10. The number of hydrogen-bond acceptors (Lipinski definition) is 2. The summed E-state index contributed by atoms with van der Waals surface area (Å²) in [5, 5.41) is 0.537. The van der Waals surface area contributed by atoms with Crippen molar-refractivity contribution in [2.24, 2.45) is 0 Å². The molecular formula is C17H17ClO2. The number of benzene rings is 2. The maximum absolute atomic E-state index is 12.4. The fourth-order valence-corrected chi connectivity index (χ4v) is 2.52. The average Bonchev–Trinajstić information content (AvgIpc) is 2.37. The predicted molar refractivity (Wildman–Crippen MR) is 82.0 cm³/mol. The molecule has 0 saturated carbocycles. The first kappa shape index (κ1) is 14.6. The molecule has 2 rings (SSSR count). The predicted octanol–water partition coefficient (Wildman–Crippen LogP) is 4.39. The molecule has 0 aromatic heterocycles. The zero-order valence-corrected chi connectivity index (χ0v) is 12.6. The molecule has 0 fully saturated rings. The van der Waals surface area contributed by atoms with Gasteiger partial charge in [0, 0.05) is 11.4 Å². The van der Waals surface area contributed by atoms with Crippen LogP contribution in [0.15, 0.2) is 36.4 Å². The SMILES string of the molecule is COc1ccc(Cl)cc1C(=O)Cc1cc(C)cc(C)c1. The molecule has 3 heteroatoms. The molecule has 0 radical (unpaired) electrons. The fraction of sp³-hybridized carbons (Fsp3) is 0.235. The van der Waals surface area contributed by atoms with Gasteiger partial charge >= 0.3 is 0 Å². The van der Waals surface area contributed by atoms with E-state index in [-0.39, 0.29) is 5.78 Å². The highest BCUT2D eigenvalue weighted by molar-refractivity contribution is 6.31. The Balaban J connectivity index is 2.30. The van der Waals surface area contributed by atoms with Gasteiger partial charge in [-0.05, 0) is 37.6 Å². The van der Waals surface area contributed by atoms with Crippen LogP contribution in [-0.2, 0) is 6.42 Å². The summed E-state index contributed by atoms with van der Waals surface area (Å²) in [7, 11) is 1.55. The highest BCUT2D eigenvalue weighted by Crippen LogP contribution is 2.24. The average molecular weight is 289 g/mol. The second-order valence-corrected chi connectivity index (χ2v) is 5.38. The van der Waals surface area contributed by atoms with Gasteiger partial charge in [-0.3, -0.25) is 4.79 Å². The molecule has 0 bridgehead atoms. The van der Waals surface area contributed by atoms with Gasteiger partial charge in [0.15, 0.2) is 5.78 Å². The largest absolute Gasteiger partial charge is 0.496 e. The van der Waals surface area contributed by atoms with Crippen LogP contribution in [0.25, 0.3) is 0 Å². The van der Waals surface area contributed by atoms with E-state index in [0.29, 0.717) is 22.8 Å². The van der Waals surface area contributed by atoms with Crippen molar-refractivity contribution >= 4 is 17.4 Å². The molecule has 0 aliphatic rings. The highest BCUT2D eigenvalue weighted by Gasteiger charge is 2.14. The van der Waals surface area contributed by atoms with E-state index in [1.54, 1.807) is 25.3 Å². The number of aryl methyl sites for hydroxylation is 2. The fourth-order valence-electron chi connectivity index (χ4n) is 2.35. The Labute approximate surface area is 124 Å². The van der Waals surface area contributed by atoms with E-state index in [1.807, 2.05) is 26.0 Å². The molecule has 0 aliphatic heterocycles. The van der Waals surface area contributed by atoms with Gasteiger partial charge in [-0.1, -0.05) is 40.9 Å². The van der Waals surface area contributed by atoms with Crippen LogP contribution in [0.5, 0.6) is 5.75 Å². The number of ketones is 1. The molecule has 2 nitrogen and oxygen atoms in total. The summed E-state index contributed by atoms with van der Waals surface area (Å²) in [6.45, 7) is 4.06. The first-order valence-electron chi connectivity index (χ1n) is 6.43. The molecule has 0 spiro atoms. The normalized spacial score (nSPS) is 10.4. The van der Waals surface area contributed by atoms with Crippen LogP contribution < -0.4 is 4.74 Å². The lowest BCUT2D eigenvalue weighted by Gasteiger charge is -2.09. The quantitative estimate of drug-likeness (QED) is 0.780. The van der Waals surface area contributed by atoms with Crippen molar-refractivity contribution in [3.63, 3.8) is 0 Å². The van der Waals surface area contributed by atoms with Crippen LogP contribution in [0, 0.1) is 13.8 Å². The van der Waals surface area contributed by atoms with Crippen LogP contribution in [0.1, 0.15) is 27.0 Å². The molecule has 2 aromatic rings. The first-order valence-corrected chi connectivity index (χ1v) is 6.81. The Morgan fingerprint density at radius 2 is 1.75 bits per heavy atom. The molecule has 0 atom stereocenters. The third kappa shape index (κ3) is 3.40. The Kier molecular flexibility index (Phi) is 4.46. The Hall–Kier alpha value is -1.80. The molecule has 0 N–H and O–H groups in total. The summed E-state index contributed by atoms with van der Waals surface area (Å²) in [6.07, 6.45) is 0.346. The minimum absolute atomic E-state index is 0.00866. The van der Waals surface area contributed by atoms with Crippen LogP contribution in [-0.4, -0.2) is 12.9 Å². The van der Waals surface area contributed by atoms with Gasteiger partial charge in [0.1, 0.15) is 5.75 Å². The van der Waals surface area contributed by atoms with E-state index in [9.17, 15) is 4.79 Å². The lowest BCUT2D eigenvalue weighted by molar-refractivity contribution is 0.0990. The van der Waals surface area contributed by atoms with Gasteiger partial charge in [-0.2, -0.15) is 0 Å². The summed E-state index contributed by atoms with van der Waals surface area (Å²) >= 11 is 5.96. The van der Waals surface area contributed by atoms with Gasteiger partial charge in [-0.15, -0.1) is 0 Å². The maximum atomic E-state index is 12.4. The van der Waals surface area contributed by atoms with Crippen molar-refractivity contribution in [2.45, 2.75) is 20.3 Å². The summed E-state index contributed by atoms with van der Waals surface area (Å²) in [5.41, 5.74) is 3.85. The molecule has 0 unspecified atom stereocenters. The topological polar surface area (TPSA) is 26.3 Å². The number of carbonyl (C=O) groups excluding carboxylic acids is 1.